The number of anilines is 1. The van der Waals surface area contributed by atoms with E-state index in [2.05, 4.69) is 40.2 Å². The van der Waals surface area contributed by atoms with Gasteiger partial charge in [0.05, 0.1) is 17.6 Å². The van der Waals surface area contributed by atoms with Gasteiger partial charge in [0.2, 0.25) is 0 Å². The van der Waals surface area contributed by atoms with Crippen LogP contribution >= 0.6 is 0 Å². The van der Waals surface area contributed by atoms with Gasteiger partial charge < -0.3 is 4.90 Å². The van der Waals surface area contributed by atoms with Crippen LogP contribution in [0.2, 0.25) is 0 Å². The summed E-state index contributed by atoms with van der Waals surface area (Å²) in [5, 5.41) is 9.89. The summed E-state index contributed by atoms with van der Waals surface area (Å²) < 4.78 is 29.3. The first-order valence-corrected chi connectivity index (χ1v) is 10.3. The number of nitriles is 1. The summed E-state index contributed by atoms with van der Waals surface area (Å²) in [6, 6.07) is 18.2. The molecule has 4 nitrogen and oxygen atoms in total. The van der Waals surface area contributed by atoms with E-state index in [9.17, 15) is 14.0 Å². The lowest BCUT2D eigenvalue weighted by molar-refractivity contribution is 0.505. The minimum Gasteiger partial charge on any atom is -0.370 e. The van der Waals surface area contributed by atoms with Crippen LogP contribution in [0.4, 0.5) is 14.5 Å². The maximum atomic E-state index is 14.3. The molecular formula is C25H20F2N4. The molecule has 0 atom stereocenters. The third kappa shape index (κ3) is 3.42. The lowest BCUT2D eigenvalue weighted by Gasteiger charge is -2.34. The van der Waals surface area contributed by atoms with Crippen LogP contribution in [0.15, 0.2) is 67.0 Å². The van der Waals surface area contributed by atoms with E-state index in [4.69, 9.17) is 0 Å². The molecule has 0 N–H and O–H groups in total. The molecule has 0 aliphatic carbocycles. The molecule has 31 heavy (non-hydrogen) atoms. The highest BCUT2D eigenvalue weighted by Crippen LogP contribution is 2.34. The van der Waals surface area contributed by atoms with E-state index >= 15 is 0 Å². The lowest BCUT2D eigenvalue weighted by Crippen LogP contribution is -2.33. The van der Waals surface area contributed by atoms with Gasteiger partial charge in [-0.05, 0) is 42.5 Å². The van der Waals surface area contributed by atoms with Crippen LogP contribution in [0.5, 0.6) is 0 Å². The van der Waals surface area contributed by atoms with Crippen LogP contribution in [0.3, 0.4) is 0 Å². The summed E-state index contributed by atoms with van der Waals surface area (Å²) in [7, 11) is 0. The number of pyridine rings is 1. The summed E-state index contributed by atoms with van der Waals surface area (Å²) in [5.74, 6) is -0.771. The minimum absolute atomic E-state index is 0.245. The Morgan fingerprint density at radius 2 is 1.77 bits per heavy atom. The van der Waals surface area contributed by atoms with Gasteiger partial charge in [-0.25, -0.2) is 13.8 Å². The van der Waals surface area contributed by atoms with E-state index in [1.807, 2.05) is 12.1 Å². The Balaban J connectivity index is 1.47. The molecule has 5 rings (SSSR count). The third-order valence-corrected chi connectivity index (χ3v) is 6.08. The van der Waals surface area contributed by atoms with Crippen LogP contribution in [-0.2, 0) is 0 Å². The number of imidazole rings is 1. The van der Waals surface area contributed by atoms with Crippen molar-refractivity contribution in [3.63, 3.8) is 0 Å². The molecular weight excluding hydrogens is 394 g/mol. The van der Waals surface area contributed by atoms with Gasteiger partial charge in [-0.15, -0.1) is 0 Å². The monoisotopic (exact) mass is 414 g/mol. The Hall–Kier alpha value is -3.72. The molecule has 2 aromatic carbocycles. The zero-order chi connectivity index (χ0) is 21.4. The fourth-order valence-corrected chi connectivity index (χ4v) is 4.49. The summed E-state index contributed by atoms with van der Waals surface area (Å²) in [6.07, 6.45) is 5.36. The molecule has 3 heterocycles. The number of nitrogens with zero attached hydrogens (tertiary/aromatic N) is 4. The summed E-state index contributed by atoms with van der Waals surface area (Å²) >= 11 is 0. The molecule has 0 amide bonds. The van der Waals surface area contributed by atoms with Gasteiger partial charge in [0.25, 0.3) is 0 Å². The molecule has 1 aliphatic heterocycles. The first-order chi connectivity index (χ1) is 15.2. The molecule has 0 bridgehead atoms. The second-order valence-electron chi connectivity index (χ2n) is 7.82. The molecule has 0 unspecified atom stereocenters. The van der Waals surface area contributed by atoms with Crippen molar-refractivity contribution in [2.24, 2.45) is 0 Å². The van der Waals surface area contributed by atoms with Crippen LogP contribution in [0.1, 0.15) is 29.9 Å². The van der Waals surface area contributed by atoms with Crippen LogP contribution in [-0.4, -0.2) is 22.5 Å². The van der Waals surface area contributed by atoms with Crippen molar-refractivity contribution in [1.82, 2.24) is 9.38 Å². The van der Waals surface area contributed by atoms with E-state index < -0.39 is 11.6 Å². The van der Waals surface area contributed by atoms with Gasteiger partial charge in [0.1, 0.15) is 23.3 Å². The van der Waals surface area contributed by atoms with E-state index in [0.717, 1.165) is 37.7 Å². The highest BCUT2D eigenvalue weighted by Gasteiger charge is 2.24. The Labute approximate surface area is 179 Å². The first-order valence-electron chi connectivity index (χ1n) is 10.3. The fraction of sp³-hybridized carbons (Fsp3) is 0.200. The van der Waals surface area contributed by atoms with Crippen LogP contribution < -0.4 is 4.90 Å². The van der Waals surface area contributed by atoms with Crippen LogP contribution in [0.25, 0.3) is 16.9 Å². The minimum atomic E-state index is -0.660. The predicted molar refractivity (Wildman–Crippen MR) is 116 cm³/mol. The van der Waals surface area contributed by atoms with Gasteiger partial charge in [0.15, 0.2) is 5.65 Å². The highest BCUT2D eigenvalue weighted by molar-refractivity contribution is 5.75. The Morgan fingerprint density at radius 3 is 2.48 bits per heavy atom. The highest BCUT2D eigenvalue weighted by atomic mass is 19.1. The van der Waals surface area contributed by atoms with Gasteiger partial charge >= 0.3 is 0 Å². The predicted octanol–water partition coefficient (Wildman–Crippen LogP) is 5.54. The normalized spacial score (nSPS) is 14.7. The average Bonchev–Trinajstić information content (AvgIpc) is 3.23. The smallest absolute Gasteiger partial charge is 0.157 e. The van der Waals surface area contributed by atoms with Crippen molar-refractivity contribution in [3.05, 3.63) is 89.8 Å². The molecule has 6 heteroatoms. The number of rotatable bonds is 3. The fourth-order valence-electron chi connectivity index (χ4n) is 4.49. The van der Waals surface area contributed by atoms with Crippen molar-refractivity contribution in [1.29, 1.82) is 5.26 Å². The third-order valence-electron chi connectivity index (χ3n) is 6.08. The van der Waals surface area contributed by atoms with E-state index in [0.29, 0.717) is 22.8 Å². The molecule has 1 saturated heterocycles. The van der Waals surface area contributed by atoms with Crippen molar-refractivity contribution >= 4 is 11.3 Å². The van der Waals surface area contributed by atoms with E-state index in [-0.39, 0.29) is 5.56 Å². The summed E-state index contributed by atoms with van der Waals surface area (Å²) in [5.41, 5.74) is 3.88. The second kappa shape index (κ2) is 7.84. The molecule has 154 valence electrons. The molecule has 4 aromatic rings. The number of aromatic nitrogens is 2. The maximum absolute atomic E-state index is 14.3. The van der Waals surface area contributed by atoms with Gasteiger partial charge in [-0.1, -0.05) is 30.3 Å². The molecule has 2 aromatic heterocycles. The van der Waals surface area contributed by atoms with E-state index in [1.165, 1.54) is 23.9 Å². The zero-order valence-electron chi connectivity index (χ0n) is 16.8. The SMILES string of the molecule is N#Cc1c(N2CCC(c3ccccc3)CC2)ccn2c(-c3ccc(F)cc3F)cnc12. The topological polar surface area (TPSA) is 44.3 Å². The Kier molecular flexibility index (Phi) is 4.87. The van der Waals surface area contributed by atoms with Gasteiger partial charge in [-0.3, -0.25) is 4.40 Å². The number of fused-ring (bicyclic) bond motifs is 1. The molecule has 1 fully saturated rings. The largest absolute Gasteiger partial charge is 0.370 e. The summed E-state index contributed by atoms with van der Waals surface area (Å²) in [4.78, 5) is 6.63. The Bertz CT molecular complexity index is 1280. The number of hydrogen-bond acceptors (Lipinski definition) is 3. The molecule has 1 aliphatic rings. The Morgan fingerprint density at radius 1 is 1.00 bits per heavy atom. The molecule has 0 radical (unpaired) electrons. The van der Waals surface area contributed by atoms with Crippen molar-refractivity contribution in [2.45, 2.75) is 18.8 Å². The molecule has 0 saturated carbocycles. The van der Waals surface area contributed by atoms with Crippen molar-refractivity contribution in [3.8, 4) is 17.3 Å². The van der Waals surface area contributed by atoms with Gasteiger partial charge in [0, 0.05) is 30.9 Å². The zero-order valence-corrected chi connectivity index (χ0v) is 16.8. The number of halogens is 2. The number of benzene rings is 2. The molecule has 0 spiro atoms. The van der Waals surface area contributed by atoms with Crippen molar-refractivity contribution in [2.75, 3.05) is 18.0 Å². The first kappa shape index (κ1) is 19.3. The lowest BCUT2D eigenvalue weighted by atomic mass is 9.89. The van der Waals surface area contributed by atoms with Gasteiger partial charge in [-0.2, -0.15) is 5.26 Å². The number of piperidine rings is 1. The average molecular weight is 414 g/mol. The quantitative estimate of drug-likeness (QED) is 0.442. The van der Waals surface area contributed by atoms with E-state index in [1.54, 1.807) is 10.6 Å². The second-order valence-corrected chi connectivity index (χ2v) is 7.82. The number of hydrogen-bond donors (Lipinski definition) is 0. The van der Waals surface area contributed by atoms with Crippen LogP contribution in [0, 0.1) is 23.0 Å². The maximum Gasteiger partial charge on any atom is 0.157 e. The summed E-state index contributed by atoms with van der Waals surface area (Å²) in [6.45, 7) is 1.70. The standard InChI is InChI=1S/C25H20F2N4/c26-19-6-7-20(22(27)14-19)24-16-29-25-21(15-28)23(10-13-31(24)25)30-11-8-18(9-12-30)17-4-2-1-3-5-17/h1-7,10,13-14,16,18H,8-9,11-12H2. The van der Waals surface area contributed by atoms with Crippen molar-refractivity contribution < 1.29 is 8.78 Å².